The number of unbranched alkanes of at least 4 members (excludes halogenated alkanes) is 4. The molecule has 24 heteroatoms. The van der Waals surface area contributed by atoms with Gasteiger partial charge >= 0.3 is 0 Å². The Labute approximate surface area is 534 Å². The number of carbonyl (C=O) groups excluding carboxylic acids is 8. The maximum atomic E-state index is 14.3. The Morgan fingerprint density at radius 2 is 0.567 bits per heavy atom. The molecule has 506 valence electrons. The second kappa shape index (κ2) is 41.8. The van der Waals surface area contributed by atoms with Gasteiger partial charge in [0.15, 0.2) is 0 Å². The zero-order chi connectivity index (χ0) is 64.3. The molecule has 4 aliphatic carbocycles. The summed E-state index contributed by atoms with van der Waals surface area (Å²) < 4.78 is 25.5. The SMILES string of the molecule is CCCCOC1C2=CCC[C@@H]1C(=O)NCCNCCNC(=O)[C@@H]1CCC=C(C(=O)NCCN(CCN3CCNC(=O)C4=CCC[C@@H](C(=O)NCCNCCNC(=O)C5CCC=C(C(=O)NCC3)[C@H]5OCCCC)C4OCCCC)CCNC2=O)C1OCCCC. The molecule has 8 atom stereocenters. The zero-order valence-corrected chi connectivity index (χ0v) is 54.6. The minimum absolute atomic E-state index is 0.185. The van der Waals surface area contributed by atoms with Crippen LogP contribution in [0.1, 0.15) is 130 Å². The average Bonchev–Trinajstić information content (AvgIpc) is 2.03. The van der Waals surface area contributed by atoms with E-state index < -0.39 is 48.1 Å². The molecule has 0 aromatic heterocycles. The summed E-state index contributed by atoms with van der Waals surface area (Å²) in [5.74, 6) is -4.29. The molecule has 0 saturated carbocycles. The van der Waals surface area contributed by atoms with E-state index in [9.17, 15) is 38.4 Å². The summed E-state index contributed by atoms with van der Waals surface area (Å²) in [6, 6.07) is 0. The number of hydrogen-bond acceptors (Lipinski definition) is 16. The van der Waals surface area contributed by atoms with E-state index in [1.54, 1.807) is 0 Å². The number of carbonyl (C=O) groups is 8. The van der Waals surface area contributed by atoms with E-state index in [1.807, 2.05) is 24.3 Å². The van der Waals surface area contributed by atoms with Gasteiger partial charge in [-0.1, -0.05) is 77.7 Å². The fourth-order valence-electron chi connectivity index (χ4n) is 12.4. The summed E-state index contributed by atoms with van der Waals surface area (Å²) in [7, 11) is 0. The van der Waals surface area contributed by atoms with Crippen LogP contribution < -0.4 is 53.2 Å². The highest BCUT2D eigenvalue weighted by Gasteiger charge is 2.41. The predicted molar refractivity (Wildman–Crippen MR) is 345 cm³/mol. The third-order valence-corrected chi connectivity index (χ3v) is 17.6. The third-order valence-electron chi connectivity index (χ3n) is 17.6. The van der Waals surface area contributed by atoms with Gasteiger partial charge in [-0.2, -0.15) is 0 Å². The molecule has 10 N–H and O–H groups in total. The molecule has 8 bridgehead atoms. The van der Waals surface area contributed by atoms with E-state index in [2.05, 4.69) is 90.7 Å². The standard InChI is InChI=1S/C66H110N12O12/c1-5-9-43-87-55-47-17-13-21-51(55)63(83)73-33-37-77(38-34-74-64(84)52-22-14-18-48(56(52)88-44-10-6-2)60(80)70-30-26-67-25-29-69-59(47)79)41-42-78-39-35-75-65(85)53-23-15-19-49(57(53)89-45-11-7-3)61(81)71-31-27-68-28-32-72-62(82)50-20-16-24-54(66(86)76-36-40-78)58(50)90-46-12-8-4/h21-24,47-50,55-58,67-68H,5-20,25-46H2,1-4H3,(H,69,79)(H,70,80)(H,71,81)(H,72,82)(H,73,83)(H,74,84)(H,75,85)(H,76,86)/t47-,48+,49-,50?,55?,56?,57?,58+/m1/s1. The van der Waals surface area contributed by atoms with E-state index in [-0.39, 0.29) is 73.4 Å². The van der Waals surface area contributed by atoms with Crippen LogP contribution >= 0.6 is 0 Å². The predicted octanol–water partition coefficient (Wildman–Crippen LogP) is 1.81. The number of ether oxygens (including phenoxy) is 4. The number of nitrogens with zero attached hydrogens (tertiary/aromatic N) is 2. The van der Waals surface area contributed by atoms with E-state index >= 15 is 0 Å². The van der Waals surface area contributed by atoms with Crippen LogP contribution in [0.3, 0.4) is 0 Å². The molecule has 0 spiro atoms. The Morgan fingerprint density at radius 1 is 0.333 bits per heavy atom. The van der Waals surface area contributed by atoms with Gasteiger partial charge in [0.05, 0.1) is 48.1 Å². The van der Waals surface area contributed by atoms with Crippen molar-refractivity contribution in [2.24, 2.45) is 23.7 Å². The molecule has 6 aliphatic rings. The second-order valence-corrected chi connectivity index (χ2v) is 24.3. The summed E-state index contributed by atoms with van der Waals surface area (Å²) in [6.07, 6.45) is 15.4. The van der Waals surface area contributed by atoms with Crippen molar-refractivity contribution in [1.29, 1.82) is 0 Å². The summed E-state index contributed by atoms with van der Waals surface area (Å²) >= 11 is 0. The van der Waals surface area contributed by atoms with Gasteiger partial charge in [-0.15, -0.1) is 0 Å². The van der Waals surface area contributed by atoms with Gasteiger partial charge in [0.25, 0.3) is 0 Å². The topological polar surface area (TPSA) is 300 Å². The minimum Gasteiger partial charge on any atom is -0.372 e. The van der Waals surface area contributed by atoms with E-state index in [0.717, 1.165) is 51.4 Å². The number of nitrogens with one attached hydrogen (secondary N) is 10. The van der Waals surface area contributed by atoms with Crippen LogP contribution in [0.15, 0.2) is 46.6 Å². The van der Waals surface area contributed by atoms with Gasteiger partial charge in [0, 0.05) is 167 Å². The van der Waals surface area contributed by atoms with Crippen molar-refractivity contribution in [2.75, 3.05) is 144 Å². The highest BCUT2D eigenvalue weighted by atomic mass is 16.5. The summed E-state index contributed by atoms with van der Waals surface area (Å²) in [5, 5.41) is 31.3. The van der Waals surface area contributed by atoms with Crippen molar-refractivity contribution < 1.29 is 57.3 Å². The first-order valence-electron chi connectivity index (χ1n) is 34.3. The van der Waals surface area contributed by atoms with Crippen LogP contribution in [0.4, 0.5) is 0 Å². The zero-order valence-electron chi connectivity index (χ0n) is 54.6. The first kappa shape index (κ1) is 73.5. The largest absolute Gasteiger partial charge is 0.372 e. The maximum absolute atomic E-state index is 14.3. The Bertz CT molecular complexity index is 2100. The fourth-order valence-corrected chi connectivity index (χ4v) is 12.4. The molecule has 2 heterocycles. The summed E-state index contributed by atoms with van der Waals surface area (Å²) in [5.41, 5.74) is 1.69. The lowest BCUT2D eigenvalue weighted by molar-refractivity contribution is -0.132. The molecular formula is C66H110N12O12. The number of amides is 8. The minimum atomic E-state index is -0.736. The van der Waals surface area contributed by atoms with Gasteiger partial charge in [0.1, 0.15) is 0 Å². The molecule has 0 aromatic carbocycles. The summed E-state index contributed by atoms with van der Waals surface area (Å²) in [6.45, 7) is 16.2. The lowest BCUT2D eigenvalue weighted by Gasteiger charge is -2.33. The smallest absolute Gasteiger partial charge is 0.249 e. The van der Waals surface area contributed by atoms with Crippen LogP contribution in [-0.2, 0) is 57.3 Å². The molecule has 2 saturated heterocycles. The molecule has 0 aromatic rings. The first-order valence-corrected chi connectivity index (χ1v) is 34.3. The van der Waals surface area contributed by atoms with E-state index in [1.165, 1.54) is 0 Å². The van der Waals surface area contributed by atoms with Gasteiger partial charge in [-0.05, 0) is 77.0 Å². The number of fused-ring (bicyclic) bond motifs is 8. The van der Waals surface area contributed by atoms with Crippen LogP contribution in [0, 0.1) is 23.7 Å². The van der Waals surface area contributed by atoms with Gasteiger partial charge in [-0.25, -0.2) is 0 Å². The average molecular weight is 1260 g/mol. The maximum Gasteiger partial charge on any atom is 0.249 e. The Morgan fingerprint density at radius 3 is 0.789 bits per heavy atom. The molecular weight excluding hydrogens is 1150 g/mol. The van der Waals surface area contributed by atoms with Crippen molar-refractivity contribution in [2.45, 2.75) is 155 Å². The quantitative estimate of drug-likeness (QED) is 0.0826. The Balaban J connectivity index is 1.26. The Hall–Kier alpha value is -5.60. The molecule has 90 heavy (non-hydrogen) atoms. The normalized spacial score (nSPS) is 27.4. The fraction of sp³-hybridized carbons (Fsp3) is 0.758. The van der Waals surface area contributed by atoms with Crippen molar-refractivity contribution >= 4 is 47.3 Å². The van der Waals surface area contributed by atoms with E-state index in [4.69, 9.17) is 18.9 Å². The van der Waals surface area contributed by atoms with Crippen molar-refractivity contribution in [1.82, 2.24) is 63.0 Å². The lowest BCUT2D eigenvalue weighted by Crippen LogP contribution is -2.49. The Kier molecular flexibility index (Phi) is 34.1. The summed E-state index contributed by atoms with van der Waals surface area (Å²) in [4.78, 5) is 117. The molecule has 2 aliphatic heterocycles. The third kappa shape index (κ3) is 23.8. The molecule has 2 fully saturated rings. The monoisotopic (exact) mass is 1260 g/mol. The van der Waals surface area contributed by atoms with Gasteiger partial charge in [-0.3, -0.25) is 48.2 Å². The van der Waals surface area contributed by atoms with Crippen LogP contribution in [-0.4, -0.2) is 226 Å². The van der Waals surface area contributed by atoms with Crippen molar-refractivity contribution in [3.63, 3.8) is 0 Å². The highest BCUT2D eigenvalue weighted by molar-refractivity contribution is 5.98. The highest BCUT2D eigenvalue weighted by Crippen LogP contribution is 2.32. The van der Waals surface area contributed by atoms with Crippen molar-refractivity contribution in [3.8, 4) is 0 Å². The lowest BCUT2D eigenvalue weighted by atomic mass is 9.84. The van der Waals surface area contributed by atoms with Crippen molar-refractivity contribution in [3.05, 3.63) is 46.6 Å². The number of hydrogen-bond donors (Lipinski definition) is 10. The molecule has 4 unspecified atom stereocenters. The molecule has 0 radical (unpaired) electrons. The molecule has 24 nitrogen and oxygen atoms in total. The van der Waals surface area contributed by atoms with Crippen LogP contribution in [0.25, 0.3) is 0 Å². The first-order chi connectivity index (χ1) is 43.9. The van der Waals surface area contributed by atoms with Crippen LogP contribution in [0.2, 0.25) is 0 Å². The second-order valence-electron chi connectivity index (χ2n) is 24.3. The molecule has 8 amide bonds. The number of rotatable bonds is 19. The van der Waals surface area contributed by atoms with Crippen LogP contribution in [0.5, 0.6) is 0 Å². The van der Waals surface area contributed by atoms with Gasteiger partial charge in [0.2, 0.25) is 47.3 Å². The number of allylic oxidation sites excluding steroid dienone is 4. The molecule has 6 rings (SSSR count). The van der Waals surface area contributed by atoms with Gasteiger partial charge < -0.3 is 72.1 Å². The van der Waals surface area contributed by atoms with E-state index in [0.29, 0.717) is 192 Å².